The van der Waals surface area contributed by atoms with Crippen molar-refractivity contribution < 1.29 is 9.84 Å². The van der Waals surface area contributed by atoms with Crippen LogP contribution in [0.2, 0.25) is 0 Å². The molecule has 0 spiro atoms. The summed E-state index contributed by atoms with van der Waals surface area (Å²) in [6.07, 6.45) is 0.366. The molecule has 0 amide bonds. The van der Waals surface area contributed by atoms with Gasteiger partial charge >= 0.3 is 0 Å². The lowest BCUT2D eigenvalue weighted by Crippen LogP contribution is -2.36. The number of hydrogen-bond donors (Lipinski definition) is 1. The lowest BCUT2D eigenvalue weighted by atomic mass is 9.82. The second-order valence-electron chi connectivity index (χ2n) is 5.77. The molecular weight excluding hydrogens is 200 g/mol. The second-order valence-corrected chi connectivity index (χ2v) is 5.77. The smallest absolute Gasteiger partial charge is 0.125 e. The molecule has 0 radical (unpaired) electrons. The van der Waals surface area contributed by atoms with Gasteiger partial charge in [0, 0.05) is 12.0 Å². The van der Waals surface area contributed by atoms with E-state index in [1.165, 1.54) is 0 Å². The van der Waals surface area contributed by atoms with Crippen LogP contribution < -0.4 is 4.74 Å². The van der Waals surface area contributed by atoms with E-state index in [9.17, 15) is 5.11 Å². The van der Waals surface area contributed by atoms with Gasteiger partial charge in [-0.2, -0.15) is 0 Å². The molecule has 1 N–H and O–H groups in total. The maximum atomic E-state index is 10.1. The summed E-state index contributed by atoms with van der Waals surface area (Å²) in [7, 11) is 0. The van der Waals surface area contributed by atoms with Gasteiger partial charge in [0.1, 0.15) is 11.9 Å². The third-order valence-corrected chi connectivity index (χ3v) is 3.20. The lowest BCUT2D eigenvalue weighted by molar-refractivity contribution is 0.00797. The normalized spacial score (nSPS) is 24.8. The molecule has 0 bridgehead atoms. The summed E-state index contributed by atoms with van der Waals surface area (Å²) in [5.41, 5.74) is 2.15. The molecule has 2 atom stereocenters. The van der Waals surface area contributed by atoms with Gasteiger partial charge in [-0.15, -0.1) is 0 Å². The zero-order valence-corrected chi connectivity index (χ0v) is 10.4. The van der Waals surface area contributed by atoms with Gasteiger partial charge in [0.15, 0.2) is 0 Å². The molecule has 2 rings (SSSR count). The van der Waals surface area contributed by atoms with Crippen molar-refractivity contribution >= 4 is 0 Å². The van der Waals surface area contributed by atoms with Gasteiger partial charge < -0.3 is 9.84 Å². The zero-order chi connectivity index (χ0) is 11.9. The van der Waals surface area contributed by atoms with Crippen LogP contribution in [0.1, 0.15) is 44.4 Å². The zero-order valence-electron chi connectivity index (χ0n) is 10.4. The quantitative estimate of drug-likeness (QED) is 0.727. The summed E-state index contributed by atoms with van der Waals surface area (Å²) in [5, 5.41) is 10.1. The highest BCUT2D eigenvalue weighted by molar-refractivity contribution is 5.40. The van der Waals surface area contributed by atoms with Crippen LogP contribution in [-0.4, -0.2) is 11.2 Å². The SMILES string of the molecule is Cc1ccc2c(c1)[C@H](O)CC(C(C)(C)C)O2. The first-order valence-electron chi connectivity index (χ1n) is 5.83. The van der Waals surface area contributed by atoms with E-state index < -0.39 is 6.10 Å². The molecule has 1 aliphatic heterocycles. The highest BCUT2D eigenvalue weighted by Crippen LogP contribution is 2.40. The molecule has 2 nitrogen and oxygen atoms in total. The number of ether oxygens (including phenoxy) is 1. The summed E-state index contributed by atoms with van der Waals surface area (Å²) >= 11 is 0. The van der Waals surface area contributed by atoms with Crippen LogP contribution in [0.25, 0.3) is 0 Å². The van der Waals surface area contributed by atoms with Gasteiger partial charge in [-0.25, -0.2) is 0 Å². The number of aryl methyl sites for hydroxylation is 1. The average Bonchev–Trinajstić information content (AvgIpc) is 2.17. The second kappa shape index (κ2) is 3.77. The predicted molar refractivity (Wildman–Crippen MR) is 64.6 cm³/mol. The van der Waals surface area contributed by atoms with Crippen molar-refractivity contribution in [3.8, 4) is 5.75 Å². The maximum absolute atomic E-state index is 10.1. The third-order valence-electron chi connectivity index (χ3n) is 3.20. The van der Waals surface area contributed by atoms with Gasteiger partial charge in [0.25, 0.3) is 0 Å². The Morgan fingerprint density at radius 3 is 2.62 bits per heavy atom. The molecule has 1 heterocycles. The first-order chi connectivity index (χ1) is 7.38. The Hall–Kier alpha value is -1.02. The fraction of sp³-hybridized carbons (Fsp3) is 0.571. The van der Waals surface area contributed by atoms with Crippen molar-refractivity contribution in [1.29, 1.82) is 0 Å². The molecule has 0 saturated heterocycles. The Kier molecular flexibility index (Phi) is 2.70. The van der Waals surface area contributed by atoms with Crippen molar-refractivity contribution in [3.63, 3.8) is 0 Å². The molecule has 1 aromatic rings. The van der Waals surface area contributed by atoms with Gasteiger partial charge in [0.05, 0.1) is 6.10 Å². The van der Waals surface area contributed by atoms with E-state index in [1.54, 1.807) is 0 Å². The van der Waals surface area contributed by atoms with Crippen LogP contribution in [0.4, 0.5) is 0 Å². The number of hydrogen-bond acceptors (Lipinski definition) is 2. The lowest BCUT2D eigenvalue weighted by Gasteiger charge is -2.37. The number of rotatable bonds is 0. The maximum Gasteiger partial charge on any atom is 0.125 e. The highest BCUT2D eigenvalue weighted by Gasteiger charge is 2.34. The average molecular weight is 220 g/mol. The number of fused-ring (bicyclic) bond motifs is 1. The fourth-order valence-electron chi connectivity index (χ4n) is 2.10. The van der Waals surface area contributed by atoms with Crippen LogP contribution >= 0.6 is 0 Å². The Morgan fingerprint density at radius 1 is 1.31 bits per heavy atom. The fourth-order valence-corrected chi connectivity index (χ4v) is 2.10. The Morgan fingerprint density at radius 2 is 2.00 bits per heavy atom. The van der Waals surface area contributed by atoms with Crippen LogP contribution in [0.3, 0.4) is 0 Å². The van der Waals surface area contributed by atoms with Gasteiger partial charge in [-0.3, -0.25) is 0 Å². The number of benzene rings is 1. The first-order valence-corrected chi connectivity index (χ1v) is 5.83. The van der Waals surface area contributed by atoms with E-state index in [4.69, 9.17) is 4.74 Å². The van der Waals surface area contributed by atoms with Crippen LogP contribution in [0.15, 0.2) is 18.2 Å². The van der Waals surface area contributed by atoms with E-state index in [-0.39, 0.29) is 11.5 Å². The molecule has 1 unspecified atom stereocenters. The summed E-state index contributed by atoms with van der Waals surface area (Å²) in [6.45, 7) is 8.46. The first kappa shape index (κ1) is 11.5. The Balaban J connectivity index is 2.34. The topological polar surface area (TPSA) is 29.5 Å². The molecule has 0 fully saturated rings. The predicted octanol–water partition coefficient (Wildman–Crippen LogP) is 3.23. The molecule has 0 saturated carbocycles. The summed E-state index contributed by atoms with van der Waals surface area (Å²) < 4.78 is 5.96. The third kappa shape index (κ3) is 2.07. The monoisotopic (exact) mass is 220 g/mol. The highest BCUT2D eigenvalue weighted by atomic mass is 16.5. The van der Waals surface area contributed by atoms with E-state index in [0.29, 0.717) is 6.42 Å². The van der Waals surface area contributed by atoms with Crippen molar-refractivity contribution in [2.45, 2.75) is 46.3 Å². The molecule has 88 valence electrons. The minimum absolute atomic E-state index is 0.0591. The van der Waals surface area contributed by atoms with Gasteiger partial charge in [0.2, 0.25) is 0 Å². The molecule has 0 aliphatic carbocycles. The van der Waals surface area contributed by atoms with E-state index in [2.05, 4.69) is 20.8 Å². The van der Waals surface area contributed by atoms with Crippen molar-refractivity contribution in [2.75, 3.05) is 0 Å². The summed E-state index contributed by atoms with van der Waals surface area (Å²) in [5.74, 6) is 0.837. The molecular formula is C14H20O2. The van der Waals surface area contributed by atoms with Gasteiger partial charge in [-0.1, -0.05) is 32.4 Å². The summed E-state index contributed by atoms with van der Waals surface area (Å²) in [4.78, 5) is 0. The van der Waals surface area contributed by atoms with Gasteiger partial charge in [-0.05, 0) is 24.5 Å². The Labute approximate surface area is 97.3 Å². The van der Waals surface area contributed by atoms with Crippen molar-refractivity contribution in [2.24, 2.45) is 5.41 Å². The molecule has 1 aliphatic rings. The largest absolute Gasteiger partial charge is 0.489 e. The van der Waals surface area contributed by atoms with E-state index in [0.717, 1.165) is 16.9 Å². The van der Waals surface area contributed by atoms with Crippen molar-refractivity contribution in [1.82, 2.24) is 0 Å². The Bertz CT molecular complexity index is 390. The molecule has 1 aromatic carbocycles. The van der Waals surface area contributed by atoms with Crippen molar-refractivity contribution in [3.05, 3.63) is 29.3 Å². The van der Waals surface area contributed by atoms with E-state index in [1.807, 2.05) is 25.1 Å². The minimum Gasteiger partial charge on any atom is -0.489 e. The molecule has 2 heteroatoms. The number of aliphatic hydroxyl groups is 1. The molecule has 0 aromatic heterocycles. The number of aliphatic hydroxyl groups excluding tert-OH is 1. The van der Waals surface area contributed by atoms with Crippen LogP contribution in [0, 0.1) is 12.3 Å². The standard InChI is InChI=1S/C14H20O2/c1-9-5-6-12-10(7-9)11(15)8-13(16-12)14(2,3)4/h5-7,11,13,15H,8H2,1-4H3/t11-,13?/m1/s1. The van der Waals surface area contributed by atoms with E-state index >= 15 is 0 Å². The van der Waals surface area contributed by atoms with Crippen LogP contribution in [-0.2, 0) is 0 Å². The molecule has 16 heavy (non-hydrogen) atoms. The summed E-state index contributed by atoms with van der Waals surface area (Å²) in [6, 6.07) is 6.00. The minimum atomic E-state index is -0.395. The van der Waals surface area contributed by atoms with Crippen LogP contribution in [0.5, 0.6) is 5.75 Å².